The minimum absolute atomic E-state index is 0.0704. The van der Waals surface area contributed by atoms with E-state index in [1.54, 1.807) is 36.4 Å². The molecule has 110 valence electrons. The number of hydrogen-bond acceptors (Lipinski definition) is 3. The fourth-order valence-corrected chi connectivity index (χ4v) is 1.86. The van der Waals surface area contributed by atoms with E-state index in [0.29, 0.717) is 17.9 Å². The van der Waals surface area contributed by atoms with Gasteiger partial charge in [-0.2, -0.15) is 0 Å². The molecule has 0 heterocycles. The van der Waals surface area contributed by atoms with Gasteiger partial charge in [-0.15, -0.1) is 0 Å². The Hall–Kier alpha value is -2.56. The van der Waals surface area contributed by atoms with Crippen LogP contribution in [0.4, 0.5) is 4.39 Å². The molecule has 2 aromatic carbocycles. The van der Waals surface area contributed by atoms with Gasteiger partial charge in [-0.3, -0.25) is 5.41 Å². The fraction of sp³-hybridized carbons (Fsp3) is 0.188. The highest BCUT2D eigenvalue weighted by molar-refractivity contribution is 5.95. The van der Waals surface area contributed by atoms with Crippen LogP contribution in [-0.2, 0) is 6.61 Å². The van der Waals surface area contributed by atoms with Crippen molar-refractivity contribution in [3.8, 4) is 11.5 Å². The molecule has 21 heavy (non-hydrogen) atoms. The predicted octanol–water partition coefficient (Wildman–Crippen LogP) is 3.09. The molecule has 0 aliphatic rings. The summed E-state index contributed by atoms with van der Waals surface area (Å²) in [6, 6.07) is 11.8. The average Bonchev–Trinajstić information content (AvgIpc) is 2.48. The molecule has 0 aliphatic heterocycles. The summed E-state index contributed by atoms with van der Waals surface area (Å²) in [5.41, 5.74) is 5.77. The second kappa shape index (κ2) is 6.74. The third-order valence-electron chi connectivity index (χ3n) is 2.90. The number of rotatable bonds is 6. The smallest absolute Gasteiger partial charge is 0.140 e. The Balaban J connectivity index is 2.06. The van der Waals surface area contributed by atoms with E-state index in [4.69, 9.17) is 20.6 Å². The maximum Gasteiger partial charge on any atom is 0.140 e. The lowest BCUT2D eigenvalue weighted by Gasteiger charge is -2.10. The first kappa shape index (κ1) is 14.8. The third kappa shape index (κ3) is 3.72. The lowest BCUT2D eigenvalue weighted by atomic mass is 10.1. The van der Waals surface area contributed by atoms with Crippen molar-refractivity contribution in [2.24, 2.45) is 5.73 Å². The zero-order valence-electron chi connectivity index (χ0n) is 11.7. The monoisotopic (exact) mass is 288 g/mol. The van der Waals surface area contributed by atoms with Crippen LogP contribution in [0.15, 0.2) is 42.5 Å². The second-order valence-electron chi connectivity index (χ2n) is 4.39. The van der Waals surface area contributed by atoms with Crippen LogP contribution < -0.4 is 15.2 Å². The van der Waals surface area contributed by atoms with Crippen LogP contribution in [0.25, 0.3) is 0 Å². The van der Waals surface area contributed by atoms with Gasteiger partial charge in [0.15, 0.2) is 0 Å². The standard InChI is InChI=1S/C16H17FN2O2/c1-2-20-12-6-8-13(9-7-12)21-10-11-4-3-5-14(15(11)17)16(18)19/h3-9H,2,10H2,1H3,(H3,18,19). The summed E-state index contributed by atoms with van der Waals surface area (Å²) in [6.07, 6.45) is 0. The van der Waals surface area contributed by atoms with E-state index >= 15 is 0 Å². The lowest BCUT2D eigenvalue weighted by molar-refractivity contribution is 0.298. The zero-order chi connectivity index (χ0) is 15.2. The topological polar surface area (TPSA) is 68.3 Å². The SMILES string of the molecule is CCOc1ccc(OCc2cccc(C(=N)N)c2F)cc1. The van der Waals surface area contributed by atoms with E-state index < -0.39 is 5.82 Å². The molecule has 4 nitrogen and oxygen atoms in total. The van der Waals surface area contributed by atoms with Gasteiger partial charge in [0.25, 0.3) is 0 Å². The van der Waals surface area contributed by atoms with Crippen LogP contribution in [0.5, 0.6) is 11.5 Å². The van der Waals surface area contributed by atoms with Gasteiger partial charge in [0.2, 0.25) is 0 Å². The van der Waals surface area contributed by atoms with Crippen LogP contribution in [0.2, 0.25) is 0 Å². The van der Waals surface area contributed by atoms with Crippen molar-refractivity contribution in [3.63, 3.8) is 0 Å². The maximum absolute atomic E-state index is 14.1. The van der Waals surface area contributed by atoms with Crippen molar-refractivity contribution in [3.05, 3.63) is 59.4 Å². The number of hydrogen-bond donors (Lipinski definition) is 2. The third-order valence-corrected chi connectivity index (χ3v) is 2.90. The molecule has 0 saturated heterocycles. The first-order chi connectivity index (χ1) is 10.1. The van der Waals surface area contributed by atoms with Gasteiger partial charge in [-0.1, -0.05) is 12.1 Å². The van der Waals surface area contributed by atoms with Crippen molar-refractivity contribution < 1.29 is 13.9 Å². The summed E-state index contributed by atoms with van der Waals surface area (Å²) in [4.78, 5) is 0. The van der Waals surface area contributed by atoms with E-state index in [0.717, 1.165) is 5.75 Å². The molecule has 3 N–H and O–H groups in total. The summed E-state index contributed by atoms with van der Waals surface area (Å²) >= 11 is 0. The molecule has 0 fully saturated rings. The predicted molar refractivity (Wildman–Crippen MR) is 79.4 cm³/mol. The number of amidine groups is 1. The quantitative estimate of drug-likeness (QED) is 0.634. The summed E-state index contributed by atoms with van der Waals surface area (Å²) in [5, 5.41) is 7.32. The lowest BCUT2D eigenvalue weighted by Crippen LogP contribution is -2.14. The van der Waals surface area contributed by atoms with Crippen molar-refractivity contribution >= 4 is 5.84 Å². The van der Waals surface area contributed by atoms with Crippen LogP contribution >= 0.6 is 0 Å². The Morgan fingerprint density at radius 2 is 1.71 bits per heavy atom. The highest BCUT2D eigenvalue weighted by Crippen LogP contribution is 2.20. The van der Waals surface area contributed by atoms with E-state index in [1.165, 1.54) is 6.07 Å². The van der Waals surface area contributed by atoms with Crippen LogP contribution in [0.3, 0.4) is 0 Å². The number of halogens is 1. The molecule has 0 unspecified atom stereocenters. The highest BCUT2D eigenvalue weighted by Gasteiger charge is 2.10. The number of nitrogens with two attached hydrogens (primary N) is 1. The molecule has 0 radical (unpaired) electrons. The molecule has 0 bridgehead atoms. The molecule has 0 aromatic heterocycles. The Morgan fingerprint density at radius 1 is 1.10 bits per heavy atom. The molecule has 0 spiro atoms. The van der Waals surface area contributed by atoms with Gasteiger partial charge in [-0.25, -0.2) is 4.39 Å². The normalized spacial score (nSPS) is 10.2. The number of nitrogens with one attached hydrogen (secondary N) is 1. The molecule has 2 rings (SSSR count). The van der Waals surface area contributed by atoms with Crippen LogP contribution in [0.1, 0.15) is 18.1 Å². The Labute approximate surface area is 122 Å². The van der Waals surface area contributed by atoms with Gasteiger partial charge in [0.05, 0.1) is 12.2 Å². The van der Waals surface area contributed by atoms with Gasteiger partial charge in [0, 0.05) is 5.56 Å². The molecular formula is C16H17FN2O2. The van der Waals surface area contributed by atoms with Crippen molar-refractivity contribution in [2.45, 2.75) is 13.5 Å². The Morgan fingerprint density at radius 3 is 2.29 bits per heavy atom. The maximum atomic E-state index is 14.1. The van der Waals surface area contributed by atoms with Gasteiger partial charge in [-0.05, 0) is 37.3 Å². The van der Waals surface area contributed by atoms with Crippen LogP contribution in [0, 0.1) is 11.2 Å². The molecular weight excluding hydrogens is 271 g/mol. The molecule has 0 aliphatic carbocycles. The highest BCUT2D eigenvalue weighted by atomic mass is 19.1. The summed E-state index contributed by atoms with van der Waals surface area (Å²) < 4.78 is 24.9. The van der Waals surface area contributed by atoms with E-state index in [9.17, 15) is 4.39 Å². The molecule has 2 aromatic rings. The Kier molecular flexibility index (Phi) is 4.77. The first-order valence-corrected chi connectivity index (χ1v) is 6.59. The van der Waals surface area contributed by atoms with Crippen molar-refractivity contribution in [2.75, 3.05) is 6.61 Å². The minimum Gasteiger partial charge on any atom is -0.494 e. The largest absolute Gasteiger partial charge is 0.494 e. The fourth-order valence-electron chi connectivity index (χ4n) is 1.86. The van der Waals surface area contributed by atoms with Gasteiger partial charge >= 0.3 is 0 Å². The molecule has 0 saturated carbocycles. The minimum atomic E-state index is -0.518. The zero-order valence-corrected chi connectivity index (χ0v) is 11.7. The number of nitrogen functional groups attached to an aromatic ring is 1. The van der Waals surface area contributed by atoms with E-state index in [-0.39, 0.29) is 18.0 Å². The van der Waals surface area contributed by atoms with Gasteiger partial charge in [0.1, 0.15) is 29.8 Å². The van der Waals surface area contributed by atoms with E-state index in [2.05, 4.69) is 0 Å². The summed E-state index contributed by atoms with van der Waals surface area (Å²) in [7, 11) is 0. The summed E-state index contributed by atoms with van der Waals surface area (Å²) in [6.45, 7) is 2.58. The molecule has 0 amide bonds. The van der Waals surface area contributed by atoms with Crippen molar-refractivity contribution in [1.29, 1.82) is 5.41 Å². The van der Waals surface area contributed by atoms with Gasteiger partial charge < -0.3 is 15.2 Å². The summed E-state index contributed by atoms with van der Waals surface area (Å²) in [5.74, 6) is 0.562. The van der Waals surface area contributed by atoms with Crippen molar-refractivity contribution in [1.82, 2.24) is 0 Å². The second-order valence-corrected chi connectivity index (χ2v) is 4.39. The number of benzene rings is 2. The molecule has 5 heteroatoms. The van der Waals surface area contributed by atoms with Crippen LogP contribution in [-0.4, -0.2) is 12.4 Å². The average molecular weight is 288 g/mol. The van der Waals surface area contributed by atoms with E-state index in [1.807, 2.05) is 6.92 Å². The first-order valence-electron chi connectivity index (χ1n) is 6.59. The Bertz CT molecular complexity index is 627. The molecule has 0 atom stereocenters. The number of ether oxygens (including phenoxy) is 2.